The van der Waals surface area contributed by atoms with E-state index in [1.807, 2.05) is 0 Å². The average Bonchev–Trinajstić information content (AvgIpc) is 3.07. The minimum Gasteiger partial charge on any atom is -0.486 e. The van der Waals surface area contributed by atoms with Crippen LogP contribution in [0.2, 0.25) is 0 Å². The molecule has 0 saturated carbocycles. The van der Waals surface area contributed by atoms with E-state index in [9.17, 15) is 23.7 Å². The van der Waals surface area contributed by atoms with Crippen LogP contribution < -0.4 is 10.1 Å². The minimum absolute atomic E-state index is 0.00320. The van der Waals surface area contributed by atoms with E-state index in [2.05, 4.69) is 10.3 Å². The Morgan fingerprint density at radius 2 is 2.07 bits per heavy atom. The first-order chi connectivity index (χ1) is 14.3. The van der Waals surface area contributed by atoms with Crippen LogP contribution in [-0.4, -0.2) is 20.4 Å². The number of benzene rings is 2. The smallest absolute Gasteiger partial charge is 0.381 e. The summed E-state index contributed by atoms with van der Waals surface area (Å²) in [6, 6.07) is 9.76. The van der Waals surface area contributed by atoms with Gasteiger partial charge in [-0.15, -0.1) is 0 Å². The van der Waals surface area contributed by atoms with Gasteiger partial charge >= 0.3 is 5.82 Å². The fraction of sp³-hybridized carbons (Fsp3) is 0.200. The largest absolute Gasteiger partial charge is 0.486 e. The number of carbonyl (C=O) groups is 1. The van der Waals surface area contributed by atoms with Crippen molar-refractivity contribution < 1.29 is 23.2 Å². The molecule has 1 amide bonds. The third kappa shape index (κ3) is 5.37. The number of imidazole rings is 1. The van der Waals surface area contributed by atoms with Gasteiger partial charge < -0.3 is 24.7 Å². The van der Waals surface area contributed by atoms with Crippen LogP contribution in [0, 0.1) is 28.7 Å². The predicted octanol–water partition coefficient (Wildman–Crippen LogP) is 3.99. The van der Waals surface area contributed by atoms with Gasteiger partial charge in [0.25, 0.3) is 0 Å². The van der Waals surface area contributed by atoms with Crippen LogP contribution >= 0.6 is 0 Å². The number of carbonyl (C=O) groups excluding carboxylic acids is 1. The second-order valence-corrected chi connectivity index (χ2v) is 6.46. The van der Waals surface area contributed by atoms with Crippen molar-refractivity contribution in [3.63, 3.8) is 0 Å². The number of amides is 1. The highest BCUT2D eigenvalue weighted by Gasteiger charge is 2.16. The first kappa shape index (κ1) is 20.9. The molecule has 156 valence electrons. The van der Waals surface area contributed by atoms with Gasteiger partial charge in [0, 0.05) is 31.6 Å². The van der Waals surface area contributed by atoms with E-state index in [1.54, 1.807) is 13.0 Å². The van der Waals surface area contributed by atoms with E-state index in [1.165, 1.54) is 41.1 Å². The number of anilines is 1. The normalized spacial score (nSPS) is 10.6. The molecule has 2 aromatic carbocycles. The minimum atomic E-state index is -0.676. The van der Waals surface area contributed by atoms with Gasteiger partial charge in [-0.25, -0.2) is 8.78 Å². The number of ether oxygens (including phenoxy) is 1. The Hall–Kier alpha value is -3.82. The second kappa shape index (κ2) is 9.12. The zero-order chi connectivity index (χ0) is 21.7. The molecule has 1 heterocycles. The highest BCUT2D eigenvalue weighted by molar-refractivity contribution is 5.90. The Morgan fingerprint density at radius 3 is 2.73 bits per heavy atom. The summed E-state index contributed by atoms with van der Waals surface area (Å²) in [7, 11) is 0. The topological polar surface area (TPSA) is 99.3 Å². The monoisotopic (exact) mass is 416 g/mol. The molecule has 1 N–H and O–H groups in total. The number of nitrogens with one attached hydrogen (secondary N) is 1. The highest BCUT2D eigenvalue weighted by atomic mass is 19.1. The lowest BCUT2D eigenvalue weighted by atomic mass is 10.2. The summed E-state index contributed by atoms with van der Waals surface area (Å²) < 4.78 is 34.3. The third-order valence-electron chi connectivity index (χ3n) is 4.23. The molecule has 0 aliphatic carbocycles. The Bertz CT molecular complexity index is 1080. The SMILES string of the molecule is Cc1nc([N+](=O)[O-])cn1CCC(=O)Nc1ccc(OCc2cccc(F)c2)c(F)c1. The number of nitrogens with zero attached hydrogens (tertiary/aromatic N) is 3. The number of aryl methyl sites for hydroxylation is 2. The van der Waals surface area contributed by atoms with Crippen LogP contribution in [-0.2, 0) is 17.9 Å². The first-order valence-corrected chi connectivity index (χ1v) is 8.96. The van der Waals surface area contributed by atoms with Crippen molar-refractivity contribution in [2.24, 2.45) is 0 Å². The summed E-state index contributed by atoms with van der Waals surface area (Å²) >= 11 is 0. The zero-order valence-electron chi connectivity index (χ0n) is 16.0. The van der Waals surface area contributed by atoms with E-state index in [4.69, 9.17) is 4.74 Å². The predicted molar refractivity (Wildman–Crippen MR) is 104 cm³/mol. The lowest BCUT2D eigenvalue weighted by molar-refractivity contribution is -0.389. The van der Waals surface area contributed by atoms with Crippen molar-refractivity contribution in [2.75, 3.05) is 5.32 Å². The van der Waals surface area contributed by atoms with Crippen LogP contribution in [0.25, 0.3) is 0 Å². The second-order valence-electron chi connectivity index (χ2n) is 6.46. The molecule has 0 spiro atoms. The van der Waals surface area contributed by atoms with Gasteiger partial charge in [0.1, 0.15) is 18.6 Å². The maximum atomic E-state index is 14.2. The molecule has 0 saturated heterocycles. The van der Waals surface area contributed by atoms with Crippen molar-refractivity contribution in [3.05, 3.63) is 81.8 Å². The average molecular weight is 416 g/mol. The Balaban J connectivity index is 1.54. The zero-order valence-corrected chi connectivity index (χ0v) is 16.0. The van der Waals surface area contributed by atoms with Gasteiger partial charge in [0.15, 0.2) is 11.6 Å². The summed E-state index contributed by atoms with van der Waals surface area (Å²) in [5.74, 6) is -1.37. The number of rotatable bonds is 8. The number of aromatic nitrogens is 2. The lowest BCUT2D eigenvalue weighted by Gasteiger charge is -2.10. The Kier molecular flexibility index (Phi) is 6.35. The van der Waals surface area contributed by atoms with Crippen LogP contribution in [0.1, 0.15) is 17.8 Å². The van der Waals surface area contributed by atoms with E-state index in [-0.39, 0.29) is 36.8 Å². The summed E-state index contributed by atoms with van der Waals surface area (Å²) in [4.78, 5) is 26.0. The molecule has 0 aliphatic heterocycles. The number of halogens is 2. The molecule has 1 aromatic heterocycles. The van der Waals surface area contributed by atoms with E-state index < -0.39 is 22.5 Å². The molecule has 8 nitrogen and oxygen atoms in total. The van der Waals surface area contributed by atoms with Crippen LogP contribution in [0.15, 0.2) is 48.7 Å². The molecular formula is C20H18F2N4O4. The fourth-order valence-corrected chi connectivity index (χ4v) is 2.73. The van der Waals surface area contributed by atoms with Gasteiger partial charge in [0.2, 0.25) is 11.7 Å². The van der Waals surface area contributed by atoms with E-state index >= 15 is 0 Å². The van der Waals surface area contributed by atoms with Crippen molar-refractivity contribution in [2.45, 2.75) is 26.5 Å². The summed E-state index contributed by atoms with van der Waals surface area (Å²) in [6.07, 6.45) is 1.28. The molecule has 0 bridgehead atoms. The maximum Gasteiger partial charge on any atom is 0.381 e. The quantitative estimate of drug-likeness (QED) is 0.442. The first-order valence-electron chi connectivity index (χ1n) is 8.96. The highest BCUT2D eigenvalue weighted by Crippen LogP contribution is 2.22. The number of nitro groups is 1. The lowest BCUT2D eigenvalue weighted by Crippen LogP contribution is -2.15. The molecule has 0 radical (unpaired) electrons. The summed E-state index contributed by atoms with van der Waals surface area (Å²) in [5.41, 5.74) is 0.797. The standard InChI is InChI=1S/C20H18F2N4O4/c1-13-23-19(26(28)29)11-25(13)8-7-20(27)24-16-5-6-18(17(22)10-16)30-12-14-3-2-4-15(21)9-14/h2-6,9-11H,7-8,12H2,1H3,(H,24,27). The van der Waals surface area contributed by atoms with E-state index in [0.717, 1.165) is 6.07 Å². The van der Waals surface area contributed by atoms with Crippen molar-refractivity contribution in [3.8, 4) is 5.75 Å². The van der Waals surface area contributed by atoms with Gasteiger partial charge in [-0.05, 0) is 39.7 Å². The van der Waals surface area contributed by atoms with Crippen molar-refractivity contribution in [1.82, 2.24) is 9.55 Å². The summed E-state index contributed by atoms with van der Waals surface area (Å²) in [6.45, 7) is 1.79. The van der Waals surface area contributed by atoms with Crippen LogP contribution in [0.3, 0.4) is 0 Å². The molecule has 0 fully saturated rings. The van der Waals surface area contributed by atoms with Gasteiger partial charge in [0.05, 0.1) is 0 Å². The van der Waals surface area contributed by atoms with Crippen LogP contribution in [0.4, 0.5) is 20.3 Å². The van der Waals surface area contributed by atoms with E-state index in [0.29, 0.717) is 11.4 Å². The molecule has 0 aliphatic rings. The van der Waals surface area contributed by atoms with Gasteiger partial charge in [-0.3, -0.25) is 4.79 Å². The van der Waals surface area contributed by atoms with Gasteiger partial charge in [-0.1, -0.05) is 12.1 Å². The van der Waals surface area contributed by atoms with Crippen molar-refractivity contribution in [1.29, 1.82) is 0 Å². The molecular weight excluding hydrogens is 398 g/mol. The van der Waals surface area contributed by atoms with Crippen LogP contribution in [0.5, 0.6) is 5.75 Å². The molecule has 10 heteroatoms. The molecule has 30 heavy (non-hydrogen) atoms. The fourth-order valence-electron chi connectivity index (χ4n) is 2.73. The molecule has 0 unspecified atom stereocenters. The van der Waals surface area contributed by atoms with Crippen molar-refractivity contribution >= 4 is 17.4 Å². The third-order valence-corrected chi connectivity index (χ3v) is 4.23. The Labute approximate surface area is 170 Å². The Morgan fingerprint density at radius 1 is 1.27 bits per heavy atom. The molecule has 3 aromatic rings. The number of hydrogen-bond donors (Lipinski definition) is 1. The van der Waals surface area contributed by atoms with Gasteiger partial charge in [-0.2, -0.15) is 0 Å². The number of hydrogen-bond acceptors (Lipinski definition) is 5. The maximum absolute atomic E-state index is 14.2. The molecule has 3 rings (SSSR count). The molecule has 0 atom stereocenters. The summed E-state index contributed by atoms with van der Waals surface area (Å²) in [5, 5.41) is 13.3.